The van der Waals surface area contributed by atoms with Gasteiger partial charge in [0.15, 0.2) is 5.78 Å². The Kier molecular flexibility index (Phi) is 5.62. The molecule has 1 heterocycles. The molecule has 0 saturated heterocycles. The van der Waals surface area contributed by atoms with E-state index in [1.54, 1.807) is 13.0 Å². The van der Waals surface area contributed by atoms with Crippen LogP contribution in [0.25, 0.3) is 11.5 Å². The summed E-state index contributed by atoms with van der Waals surface area (Å²) in [6.45, 7) is -1.23. The van der Waals surface area contributed by atoms with E-state index in [1.807, 2.05) is 30.3 Å². The number of carbonyl (C=O) groups excluding carboxylic acids is 1. The molecule has 0 unspecified atom stereocenters. The molecule has 0 radical (unpaired) electrons. The summed E-state index contributed by atoms with van der Waals surface area (Å²) in [7, 11) is 0. The first-order valence-corrected chi connectivity index (χ1v) is 8.62. The Bertz CT molecular complexity index is 900. The zero-order valence-corrected chi connectivity index (χ0v) is 14.5. The number of ketones is 1. The SMILES string of the molecule is Cc1ccc(OC(F)F)c(C(=O)CSc2nnc(-c3ccccc3)o2)c1. The van der Waals surface area contributed by atoms with Crippen molar-refractivity contribution in [2.75, 3.05) is 5.75 Å². The second-order valence-electron chi connectivity index (χ2n) is 5.33. The third kappa shape index (κ3) is 4.45. The van der Waals surface area contributed by atoms with E-state index in [1.165, 1.54) is 12.1 Å². The number of aromatic nitrogens is 2. The van der Waals surface area contributed by atoms with E-state index in [0.717, 1.165) is 22.9 Å². The first kappa shape index (κ1) is 18.1. The molecular formula is C18H14F2N2O3S. The standard InChI is InChI=1S/C18H14F2N2O3S/c1-11-7-8-15(24-17(19)20)13(9-11)14(23)10-26-18-22-21-16(25-18)12-5-3-2-4-6-12/h2-9,17H,10H2,1H3. The van der Waals surface area contributed by atoms with Crippen LogP contribution in [-0.2, 0) is 0 Å². The van der Waals surface area contributed by atoms with E-state index >= 15 is 0 Å². The fraction of sp³-hybridized carbons (Fsp3) is 0.167. The molecule has 26 heavy (non-hydrogen) atoms. The lowest BCUT2D eigenvalue weighted by Crippen LogP contribution is -2.10. The Balaban J connectivity index is 1.70. The fourth-order valence-electron chi connectivity index (χ4n) is 2.23. The number of thioether (sulfide) groups is 1. The number of aryl methyl sites for hydroxylation is 1. The molecule has 0 amide bonds. The molecular weight excluding hydrogens is 362 g/mol. The van der Waals surface area contributed by atoms with Gasteiger partial charge in [-0.05, 0) is 31.2 Å². The van der Waals surface area contributed by atoms with Gasteiger partial charge in [-0.15, -0.1) is 10.2 Å². The van der Waals surface area contributed by atoms with E-state index < -0.39 is 6.61 Å². The summed E-state index contributed by atoms with van der Waals surface area (Å²) in [5, 5.41) is 8.05. The van der Waals surface area contributed by atoms with Gasteiger partial charge in [-0.1, -0.05) is 41.6 Å². The summed E-state index contributed by atoms with van der Waals surface area (Å²) in [6.07, 6.45) is 0. The Morgan fingerprint density at radius 3 is 2.69 bits per heavy atom. The van der Waals surface area contributed by atoms with Crippen molar-refractivity contribution in [3.8, 4) is 17.2 Å². The normalized spacial score (nSPS) is 10.9. The molecule has 0 saturated carbocycles. The molecule has 0 aliphatic heterocycles. The van der Waals surface area contributed by atoms with Crippen LogP contribution in [0.3, 0.4) is 0 Å². The molecule has 0 bridgehead atoms. The van der Waals surface area contributed by atoms with Crippen molar-refractivity contribution in [1.82, 2.24) is 10.2 Å². The van der Waals surface area contributed by atoms with E-state index in [0.29, 0.717) is 5.89 Å². The number of ether oxygens (including phenoxy) is 1. The summed E-state index contributed by atoms with van der Waals surface area (Å²) < 4.78 is 34.9. The van der Waals surface area contributed by atoms with Crippen LogP contribution in [-0.4, -0.2) is 28.3 Å². The summed E-state index contributed by atoms with van der Waals surface area (Å²) >= 11 is 1.04. The molecule has 0 atom stereocenters. The number of nitrogens with zero attached hydrogens (tertiary/aromatic N) is 2. The van der Waals surface area contributed by atoms with Crippen molar-refractivity contribution < 1.29 is 22.7 Å². The Labute approximate surface area is 152 Å². The van der Waals surface area contributed by atoms with Crippen molar-refractivity contribution in [2.24, 2.45) is 0 Å². The van der Waals surface area contributed by atoms with Crippen molar-refractivity contribution in [3.05, 3.63) is 59.7 Å². The first-order valence-electron chi connectivity index (χ1n) is 7.63. The van der Waals surface area contributed by atoms with Crippen LogP contribution in [0.2, 0.25) is 0 Å². The number of halogens is 2. The highest BCUT2D eigenvalue weighted by atomic mass is 32.2. The molecule has 3 aromatic rings. The maximum atomic E-state index is 12.5. The molecule has 0 N–H and O–H groups in total. The number of Topliss-reactive ketones (excluding diaryl/α,β-unsaturated/α-hetero) is 1. The number of hydrogen-bond donors (Lipinski definition) is 0. The molecule has 0 aliphatic rings. The molecule has 134 valence electrons. The zero-order valence-electron chi connectivity index (χ0n) is 13.7. The summed E-state index contributed by atoms with van der Waals surface area (Å²) in [4.78, 5) is 12.4. The largest absolute Gasteiger partial charge is 0.434 e. The number of benzene rings is 2. The quantitative estimate of drug-likeness (QED) is 0.443. The van der Waals surface area contributed by atoms with Crippen LogP contribution in [0.15, 0.2) is 58.2 Å². The molecule has 0 fully saturated rings. The van der Waals surface area contributed by atoms with Gasteiger partial charge >= 0.3 is 6.61 Å². The average Bonchev–Trinajstić information content (AvgIpc) is 3.10. The van der Waals surface area contributed by atoms with E-state index in [-0.39, 0.29) is 28.1 Å². The predicted octanol–water partition coefficient (Wildman–Crippen LogP) is 4.62. The Hall–Kier alpha value is -2.74. The lowest BCUT2D eigenvalue weighted by atomic mass is 10.1. The summed E-state index contributed by atoms with van der Waals surface area (Å²) in [5.74, 6) is -0.210. The molecule has 0 aliphatic carbocycles. The highest BCUT2D eigenvalue weighted by molar-refractivity contribution is 7.99. The molecule has 5 nitrogen and oxygen atoms in total. The maximum absolute atomic E-state index is 12.5. The van der Waals surface area contributed by atoms with E-state index in [2.05, 4.69) is 14.9 Å². The van der Waals surface area contributed by atoms with Crippen LogP contribution >= 0.6 is 11.8 Å². The molecule has 3 rings (SSSR count). The van der Waals surface area contributed by atoms with Gasteiger partial charge in [-0.2, -0.15) is 8.78 Å². The van der Waals surface area contributed by atoms with Crippen LogP contribution in [0.1, 0.15) is 15.9 Å². The van der Waals surface area contributed by atoms with Gasteiger partial charge in [0.1, 0.15) is 5.75 Å². The van der Waals surface area contributed by atoms with Gasteiger partial charge in [0.2, 0.25) is 5.89 Å². The predicted molar refractivity (Wildman–Crippen MR) is 92.6 cm³/mol. The first-order chi connectivity index (χ1) is 12.5. The molecule has 1 aromatic heterocycles. The Morgan fingerprint density at radius 2 is 1.96 bits per heavy atom. The number of alkyl halides is 2. The van der Waals surface area contributed by atoms with Gasteiger partial charge in [-0.25, -0.2) is 0 Å². The van der Waals surface area contributed by atoms with Gasteiger partial charge < -0.3 is 9.15 Å². The van der Waals surface area contributed by atoms with Crippen LogP contribution in [0.4, 0.5) is 8.78 Å². The molecule has 8 heteroatoms. The minimum Gasteiger partial charge on any atom is -0.434 e. The number of carbonyl (C=O) groups is 1. The van der Waals surface area contributed by atoms with Crippen LogP contribution in [0.5, 0.6) is 5.75 Å². The van der Waals surface area contributed by atoms with Gasteiger partial charge in [0.05, 0.1) is 11.3 Å². The molecule has 2 aromatic carbocycles. The second kappa shape index (κ2) is 8.09. The van der Waals surface area contributed by atoms with Crippen LogP contribution < -0.4 is 4.74 Å². The third-order valence-corrected chi connectivity index (χ3v) is 4.22. The van der Waals surface area contributed by atoms with E-state index in [9.17, 15) is 13.6 Å². The van der Waals surface area contributed by atoms with Crippen molar-refractivity contribution >= 4 is 17.5 Å². The fourth-order valence-corrected chi connectivity index (χ4v) is 2.88. The minimum atomic E-state index is -3.00. The monoisotopic (exact) mass is 376 g/mol. The summed E-state index contributed by atoms with van der Waals surface area (Å²) in [5.41, 5.74) is 1.63. The summed E-state index contributed by atoms with van der Waals surface area (Å²) in [6, 6.07) is 13.7. The minimum absolute atomic E-state index is 0.0422. The number of hydrogen-bond acceptors (Lipinski definition) is 6. The maximum Gasteiger partial charge on any atom is 0.387 e. The third-order valence-electron chi connectivity index (χ3n) is 3.41. The van der Waals surface area contributed by atoms with E-state index in [4.69, 9.17) is 4.42 Å². The van der Waals surface area contributed by atoms with Crippen molar-refractivity contribution in [2.45, 2.75) is 18.8 Å². The van der Waals surface area contributed by atoms with Gasteiger partial charge in [0.25, 0.3) is 5.22 Å². The van der Waals surface area contributed by atoms with Gasteiger partial charge in [0, 0.05) is 5.56 Å². The lowest BCUT2D eigenvalue weighted by molar-refractivity contribution is -0.0501. The lowest BCUT2D eigenvalue weighted by Gasteiger charge is -2.10. The van der Waals surface area contributed by atoms with Crippen molar-refractivity contribution in [1.29, 1.82) is 0 Å². The smallest absolute Gasteiger partial charge is 0.387 e. The average molecular weight is 376 g/mol. The van der Waals surface area contributed by atoms with Gasteiger partial charge in [-0.3, -0.25) is 4.79 Å². The topological polar surface area (TPSA) is 65.2 Å². The molecule has 0 spiro atoms. The highest BCUT2D eigenvalue weighted by Gasteiger charge is 2.18. The highest BCUT2D eigenvalue weighted by Crippen LogP contribution is 2.27. The number of rotatable bonds is 7. The zero-order chi connectivity index (χ0) is 18.5. The van der Waals surface area contributed by atoms with Crippen molar-refractivity contribution in [3.63, 3.8) is 0 Å². The Morgan fingerprint density at radius 1 is 1.19 bits per heavy atom. The van der Waals surface area contributed by atoms with Crippen LogP contribution in [0, 0.1) is 6.92 Å². The second-order valence-corrected chi connectivity index (χ2v) is 6.26.